The molecule has 1 heterocycles. The number of benzene rings is 2. The summed E-state index contributed by atoms with van der Waals surface area (Å²) in [6.45, 7) is 2.00. The number of anilines is 1. The van der Waals surface area contributed by atoms with Gasteiger partial charge in [-0.15, -0.1) is 0 Å². The number of aromatic hydroxyl groups is 1. The lowest BCUT2D eigenvalue weighted by Crippen LogP contribution is -2.27. The maximum Gasteiger partial charge on any atom is 0.270 e. The highest BCUT2D eigenvalue weighted by atomic mass is 32.2. The molecule has 1 N–H and O–H groups in total. The number of phenols is 1. The lowest BCUT2D eigenvalue weighted by Gasteiger charge is -2.14. The first-order valence-corrected chi connectivity index (χ1v) is 7.91. The summed E-state index contributed by atoms with van der Waals surface area (Å²) in [5, 5.41) is 9.30. The van der Waals surface area contributed by atoms with Gasteiger partial charge in [-0.2, -0.15) is 0 Å². The zero-order valence-electron chi connectivity index (χ0n) is 11.8. The van der Waals surface area contributed by atoms with Gasteiger partial charge in [0.25, 0.3) is 5.91 Å². The molecule has 5 heteroatoms. The monoisotopic (exact) mass is 327 g/mol. The number of hydrogen-bond donors (Lipinski definition) is 1. The molecular formula is C17H13NO2S2. The number of carbonyl (C=O) groups is 1. The molecule has 3 rings (SSSR count). The van der Waals surface area contributed by atoms with E-state index in [1.54, 1.807) is 35.2 Å². The summed E-state index contributed by atoms with van der Waals surface area (Å²) >= 11 is 6.62. The second-order valence-corrected chi connectivity index (χ2v) is 6.62. The molecule has 22 heavy (non-hydrogen) atoms. The number of nitrogens with zero attached hydrogens (tertiary/aromatic N) is 1. The summed E-state index contributed by atoms with van der Waals surface area (Å²) in [5.41, 5.74) is 2.76. The summed E-state index contributed by atoms with van der Waals surface area (Å²) in [5.74, 6) is 0.0799. The number of amides is 1. The average Bonchev–Trinajstić information content (AvgIpc) is 2.77. The van der Waals surface area contributed by atoms with Crippen LogP contribution in [0.2, 0.25) is 0 Å². The number of rotatable bonds is 2. The number of carbonyl (C=O) groups excluding carboxylic acids is 1. The summed E-state index contributed by atoms with van der Waals surface area (Å²) in [4.78, 5) is 14.7. The lowest BCUT2D eigenvalue weighted by atomic mass is 10.2. The minimum atomic E-state index is -0.119. The van der Waals surface area contributed by atoms with Gasteiger partial charge in [-0.3, -0.25) is 9.69 Å². The van der Waals surface area contributed by atoms with Crippen LogP contribution in [0.15, 0.2) is 53.4 Å². The van der Waals surface area contributed by atoms with Crippen molar-refractivity contribution in [2.45, 2.75) is 6.92 Å². The van der Waals surface area contributed by atoms with Crippen molar-refractivity contribution in [3.63, 3.8) is 0 Å². The van der Waals surface area contributed by atoms with Gasteiger partial charge in [0.05, 0.1) is 10.6 Å². The third kappa shape index (κ3) is 2.91. The Hall–Kier alpha value is -2.11. The second kappa shape index (κ2) is 5.94. The van der Waals surface area contributed by atoms with Gasteiger partial charge in [0.2, 0.25) is 0 Å². The van der Waals surface area contributed by atoms with Crippen LogP contribution < -0.4 is 4.90 Å². The predicted octanol–water partition coefficient (Wildman–Crippen LogP) is 4.11. The second-order valence-electron chi connectivity index (χ2n) is 4.94. The fourth-order valence-electron chi connectivity index (χ4n) is 2.11. The summed E-state index contributed by atoms with van der Waals surface area (Å²) < 4.78 is 0.527. The number of hydrogen-bond acceptors (Lipinski definition) is 4. The van der Waals surface area contributed by atoms with Crippen LogP contribution in [0.4, 0.5) is 5.69 Å². The van der Waals surface area contributed by atoms with Gasteiger partial charge in [-0.1, -0.05) is 53.8 Å². The molecule has 110 valence electrons. The summed E-state index contributed by atoms with van der Waals surface area (Å²) in [6.07, 6.45) is 1.78. The Labute approximate surface area is 138 Å². The maximum atomic E-state index is 12.6. The molecule has 1 aliphatic rings. The number of phenolic OH excluding ortho intramolecular Hbond substituents is 1. The minimum Gasteiger partial charge on any atom is -0.508 e. The molecule has 0 radical (unpaired) electrons. The van der Waals surface area contributed by atoms with Crippen molar-refractivity contribution in [1.29, 1.82) is 0 Å². The molecule has 0 unspecified atom stereocenters. The normalized spacial score (nSPS) is 16.6. The predicted molar refractivity (Wildman–Crippen MR) is 94.9 cm³/mol. The zero-order valence-corrected chi connectivity index (χ0v) is 13.4. The van der Waals surface area contributed by atoms with Crippen LogP contribution in [0, 0.1) is 6.92 Å². The Kier molecular flexibility index (Phi) is 4.00. The van der Waals surface area contributed by atoms with Crippen LogP contribution in [0.25, 0.3) is 6.08 Å². The summed E-state index contributed by atoms with van der Waals surface area (Å²) in [7, 11) is 0. The third-order valence-corrected chi connectivity index (χ3v) is 4.58. The first-order valence-electron chi connectivity index (χ1n) is 6.68. The molecular weight excluding hydrogens is 314 g/mol. The Morgan fingerprint density at radius 3 is 2.36 bits per heavy atom. The molecule has 0 aromatic heterocycles. The topological polar surface area (TPSA) is 40.5 Å². The standard InChI is InChI=1S/C17H13NO2S2/c1-11-2-6-13(7-3-11)18-16(20)15(22-17(18)21)10-12-4-8-14(19)9-5-12/h2-10,19H,1H3/b15-10+. The van der Waals surface area contributed by atoms with E-state index in [2.05, 4.69) is 0 Å². The fourth-order valence-corrected chi connectivity index (χ4v) is 3.41. The zero-order chi connectivity index (χ0) is 15.7. The molecule has 1 aliphatic heterocycles. The van der Waals surface area contributed by atoms with Crippen molar-refractivity contribution in [3.05, 3.63) is 64.6 Å². The van der Waals surface area contributed by atoms with Crippen molar-refractivity contribution >= 4 is 46.0 Å². The van der Waals surface area contributed by atoms with E-state index >= 15 is 0 Å². The largest absolute Gasteiger partial charge is 0.508 e. The first-order chi connectivity index (χ1) is 10.5. The van der Waals surface area contributed by atoms with Crippen LogP contribution >= 0.6 is 24.0 Å². The van der Waals surface area contributed by atoms with Crippen LogP contribution in [0.3, 0.4) is 0 Å². The van der Waals surface area contributed by atoms with E-state index in [1.807, 2.05) is 31.2 Å². The molecule has 3 nitrogen and oxygen atoms in total. The quantitative estimate of drug-likeness (QED) is 0.666. The van der Waals surface area contributed by atoms with Gasteiger partial charge in [0.15, 0.2) is 4.32 Å². The van der Waals surface area contributed by atoms with Gasteiger partial charge in [-0.25, -0.2) is 0 Å². The fraction of sp³-hybridized carbons (Fsp3) is 0.0588. The Balaban J connectivity index is 1.91. The van der Waals surface area contributed by atoms with Gasteiger partial charge in [-0.05, 0) is 42.8 Å². The average molecular weight is 327 g/mol. The highest BCUT2D eigenvalue weighted by Crippen LogP contribution is 2.36. The van der Waals surface area contributed by atoms with Crippen LogP contribution in [0.1, 0.15) is 11.1 Å². The Morgan fingerprint density at radius 1 is 1.09 bits per heavy atom. The van der Waals surface area contributed by atoms with E-state index in [-0.39, 0.29) is 11.7 Å². The first kappa shape index (κ1) is 14.8. The number of thioether (sulfide) groups is 1. The van der Waals surface area contributed by atoms with Crippen LogP contribution in [-0.2, 0) is 4.79 Å². The van der Waals surface area contributed by atoms with E-state index in [9.17, 15) is 9.90 Å². The smallest absolute Gasteiger partial charge is 0.270 e. The molecule has 0 spiro atoms. The SMILES string of the molecule is Cc1ccc(N2C(=O)/C(=C\c3ccc(O)cc3)SC2=S)cc1. The van der Waals surface area contributed by atoms with E-state index in [0.717, 1.165) is 16.8 Å². The maximum absolute atomic E-state index is 12.6. The molecule has 0 bridgehead atoms. The Morgan fingerprint density at radius 2 is 1.73 bits per heavy atom. The lowest BCUT2D eigenvalue weighted by molar-refractivity contribution is -0.113. The van der Waals surface area contributed by atoms with Gasteiger partial charge in [0, 0.05) is 0 Å². The van der Waals surface area contributed by atoms with Gasteiger partial charge >= 0.3 is 0 Å². The van der Waals surface area contributed by atoms with Crippen molar-refractivity contribution in [3.8, 4) is 5.75 Å². The molecule has 2 aromatic carbocycles. The van der Waals surface area contributed by atoms with E-state index in [0.29, 0.717) is 9.23 Å². The molecule has 1 amide bonds. The number of thiocarbonyl (C=S) groups is 1. The van der Waals surface area contributed by atoms with E-state index < -0.39 is 0 Å². The molecule has 0 aliphatic carbocycles. The van der Waals surface area contributed by atoms with E-state index in [1.165, 1.54) is 11.8 Å². The third-order valence-electron chi connectivity index (χ3n) is 3.28. The molecule has 1 saturated heterocycles. The molecule has 2 aromatic rings. The van der Waals surface area contributed by atoms with Crippen LogP contribution in [0.5, 0.6) is 5.75 Å². The highest BCUT2D eigenvalue weighted by Gasteiger charge is 2.33. The van der Waals surface area contributed by atoms with Crippen molar-refractivity contribution in [1.82, 2.24) is 0 Å². The molecule has 0 saturated carbocycles. The van der Waals surface area contributed by atoms with Gasteiger partial charge < -0.3 is 5.11 Å². The number of aryl methyl sites for hydroxylation is 1. The van der Waals surface area contributed by atoms with Crippen molar-refractivity contribution < 1.29 is 9.90 Å². The minimum absolute atomic E-state index is 0.119. The van der Waals surface area contributed by atoms with Crippen molar-refractivity contribution in [2.75, 3.05) is 4.90 Å². The van der Waals surface area contributed by atoms with Gasteiger partial charge in [0.1, 0.15) is 5.75 Å². The van der Waals surface area contributed by atoms with Crippen LogP contribution in [-0.4, -0.2) is 15.3 Å². The summed E-state index contributed by atoms with van der Waals surface area (Å²) in [6, 6.07) is 14.4. The van der Waals surface area contributed by atoms with E-state index in [4.69, 9.17) is 12.2 Å². The molecule has 0 atom stereocenters. The highest BCUT2D eigenvalue weighted by molar-refractivity contribution is 8.27. The Bertz CT molecular complexity index is 764. The molecule has 1 fully saturated rings. The van der Waals surface area contributed by atoms with Crippen molar-refractivity contribution in [2.24, 2.45) is 0 Å².